The minimum atomic E-state index is -1.06. The Morgan fingerprint density at radius 1 is 1.04 bits per heavy atom. The van der Waals surface area contributed by atoms with Crippen LogP contribution >= 0.6 is 23.2 Å². The monoisotopic (exact) mass is 413 g/mol. The Morgan fingerprint density at radius 3 is 2.50 bits per heavy atom. The van der Waals surface area contributed by atoms with Gasteiger partial charge in [-0.1, -0.05) is 47.5 Å². The molecule has 0 spiro atoms. The molecular formula is C20H13Cl2N3O3. The number of nitrogens with zero attached hydrogens (tertiary/aromatic N) is 3. The van der Waals surface area contributed by atoms with E-state index in [2.05, 4.69) is 10.1 Å². The molecule has 0 unspecified atom stereocenters. The van der Waals surface area contributed by atoms with E-state index in [9.17, 15) is 14.7 Å². The second-order valence-electron chi connectivity index (χ2n) is 6.29. The number of benzene rings is 2. The summed E-state index contributed by atoms with van der Waals surface area (Å²) < 4.78 is 1.21. The maximum absolute atomic E-state index is 12.9. The maximum atomic E-state index is 12.9. The van der Waals surface area contributed by atoms with Gasteiger partial charge in [-0.2, -0.15) is 5.10 Å². The lowest BCUT2D eigenvalue weighted by molar-refractivity contribution is -0.136. The molecular weight excluding hydrogens is 401 g/mol. The fourth-order valence-electron chi connectivity index (χ4n) is 3.08. The number of rotatable bonds is 4. The Balaban J connectivity index is 1.87. The minimum Gasteiger partial charge on any atom is -0.481 e. The fourth-order valence-corrected chi connectivity index (χ4v) is 3.40. The molecule has 0 aliphatic rings. The van der Waals surface area contributed by atoms with E-state index in [1.165, 1.54) is 16.8 Å². The summed E-state index contributed by atoms with van der Waals surface area (Å²) in [5.41, 5.74) is 1.28. The van der Waals surface area contributed by atoms with Crippen LogP contribution in [0.4, 0.5) is 0 Å². The molecule has 0 saturated carbocycles. The van der Waals surface area contributed by atoms with Crippen molar-refractivity contribution in [1.29, 1.82) is 0 Å². The molecule has 0 amide bonds. The Bertz CT molecular complexity index is 1300. The number of fused-ring (bicyclic) bond motifs is 2. The van der Waals surface area contributed by atoms with Gasteiger partial charge < -0.3 is 5.11 Å². The summed E-state index contributed by atoms with van der Waals surface area (Å²) in [5.74, 6) is -1.06. The summed E-state index contributed by atoms with van der Waals surface area (Å²) in [6.07, 6.45) is -0.347. The molecule has 0 aliphatic carbocycles. The first-order valence-electron chi connectivity index (χ1n) is 8.37. The molecule has 8 heteroatoms. The molecule has 140 valence electrons. The molecule has 0 aliphatic heterocycles. The zero-order chi connectivity index (χ0) is 19.8. The third-order valence-corrected chi connectivity index (χ3v) is 5.09. The summed E-state index contributed by atoms with van der Waals surface area (Å²) in [6, 6.07) is 14.3. The molecule has 4 aromatic rings. The van der Waals surface area contributed by atoms with Crippen molar-refractivity contribution < 1.29 is 9.90 Å². The van der Waals surface area contributed by atoms with Crippen molar-refractivity contribution in [2.45, 2.75) is 13.0 Å². The molecule has 2 aromatic carbocycles. The summed E-state index contributed by atoms with van der Waals surface area (Å²) in [6.45, 7) is 0.104. The zero-order valence-corrected chi connectivity index (χ0v) is 15.9. The van der Waals surface area contributed by atoms with Crippen molar-refractivity contribution >= 4 is 50.8 Å². The van der Waals surface area contributed by atoms with E-state index < -0.39 is 11.5 Å². The summed E-state index contributed by atoms with van der Waals surface area (Å²) >= 11 is 12.1. The number of hydrogen-bond donors (Lipinski definition) is 1. The number of carboxylic acids is 1. The van der Waals surface area contributed by atoms with E-state index in [0.29, 0.717) is 11.1 Å². The van der Waals surface area contributed by atoms with E-state index in [1.54, 1.807) is 0 Å². The lowest BCUT2D eigenvalue weighted by Gasteiger charge is -2.11. The van der Waals surface area contributed by atoms with Gasteiger partial charge in [0.2, 0.25) is 0 Å². The van der Waals surface area contributed by atoms with Crippen molar-refractivity contribution in [2.24, 2.45) is 0 Å². The number of carboxylic acid groups (broad SMARTS) is 1. The van der Waals surface area contributed by atoms with Gasteiger partial charge in [0.05, 0.1) is 45.3 Å². The van der Waals surface area contributed by atoms with E-state index in [4.69, 9.17) is 23.2 Å². The molecule has 2 heterocycles. The number of para-hydroxylation sites is 1. The second-order valence-corrected chi connectivity index (χ2v) is 7.10. The van der Waals surface area contributed by atoms with Crippen molar-refractivity contribution in [3.05, 3.63) is 80.3 Å². The van der Waals surface area contributed by atoms with Gasteiger partial charge in [-0.3, -0.25) is 14.6 Å². The lowest BCUT2D eigenvalue weighted by Crippen LogP contribution is -2.26. The van der Waals surface area contributed by atoms with Crippen molar-refractivity contribution in [2.75, 3.05) is 0 Å². The maximum Gasteiger partial charge on any atom is 0.309 e. The molecule has 0 atom stereocenters. The molecule has 4 rings (SSSR count). The number of aliphatic carboxylic acids is 1. The van der Waals surface area contributed by atoms with E-state index in [1.807, 2.05) is 36.4 Å². The number of aromatic nitrogens is 3. The Hall–Kier alpha value is -2.96. The lowest BCUT2D eigenvalue weighted by atomic mass is 10.1. The fraction of sp³-hybridized carbons (Fsp3) is 0.100. The van der Waals surface area contributed by atoms with E-state index in [0.717, 1.165) is 10.9 Å². The molecule has 2 aromatic heterocycles. The average Bonchev–Trinajstić information content (AvgIpc) is 2.66. The van der Waals surface area contributed by atoms with Crippen LogP contribution in [0.3, 0.4) is 0 Å². The minimum absolute atomic E-state index is 0.104. The van der Waals surface area contributed by atoms with E-state index >= 15 is 0 Å². The quantitative estimate of drug-likeness (QED) is 0.547. The van der Waals surface area contributed by atoms with Crippen LogP contribution in [0.2, 0.25) is 10.0 Å². The van der Waals surface area contributed by atoms with Crippen LogP contribution in [-0.4, -0.2) is 25.8 Å². The standard InChI is InChI=1S/C20H13Cl2N3O3/c21-15-7-13-14(8-16(15)22)20(28)25(24-18(13)9-19(26)27)10-12-6-5-11-3-1-2-4-17(11)23-12/h1-8H,9-10H2,(H,26,27). The topological polar surface area (TPSA) is 85.1 Å². The van der Waals surface area contributed by atoms with Gasteiger partial charge >= 0.3 is 5.97 Å². The SMILES string of the molecule is O=C(O)Cc1nn(Cc2ccc3ccccc3n2)c(=O)c2cc(Cl)c(Cl)cc12. The molecule has 6 nitrogen and oxygen atoms in total. The highest BCUT2D eigenvalue weighted by Crippen LogP contribution is 2.27. The van der Waals surface area contributed by atoms with Crippen LogP contribution in [-0.2, 0) is 17.8 Å². The van der Waals surface area contributed by atoms with Gasteiger partial charge in [-0.05, 0) is 24.3 Å². The third kappa shape index (κ3) is 3.44. The molecule has 0 radical (unpaired) electrons. The molecule has 0 saturated heterocycles. The van der Waals surface area contributed by atoms with Crippen LogP contribution < -0.4 is 5.56 Å². The highest BCUT2D eigenvalue weighted by Gasteiger charge is 2.16. The average molecular weight is 414 g/mol. The smallest absolute Gasteiger partial charge is 0.309 e. The second kappa shape index (κ2) is 7.22. The Kier molecular flexibility index (Phi) is 4.75. The highest BCUT2D eigenvalue weighted by atomic mass is 35.5. The van der Waals surface area contributed by atoms with Crippen molar-refractivity contribution in [3.8, 4) is 0 Å². The molecule has 0 bridgehead atoms. The predicted octanol–water partition coefficient (Wildman–Crippen LogP) is 3.93. The van der Waals surface area contributed by atoms with Crippen LogP contribution in [0, 0.1) is 0 Å². The van der Waals surface area contributed by atoms with Gasteiger partial charge in [0, 0.05) is 10.8 Å². The first-order chi connectivity index (χ1) is 13.4. The largest absolute Gasteiger partial charge is 0.481 e. The van der Waals surface area contributed by atoms with Crippen LogP contribution in [0.1, 0.15) is 11.4 Å². The van der Waals surface area contributed by atoms with Crippen molar-refractivity contribution in [1.82, 2.24) is 14.8 Å². The summed E-state index contributed by atoms with van der Waals surface area (Å²) in [4.78, 5) is 28.7. The number of carbonyl (C=O) groups is 1. The number of hydrogen-bond acceptors (Lipinski definition) is 4. The number of halogens is 2. The highest BCUT2D eigenvalue weighted by molar-refractivity contribution is 6.42. The predicted molar refractivity (Wildman–Crippen MR) is 108 cm³/mol. The Labute approximate surface area is 169 Å². The summed E-state index contributed by atoms with van der Waals surface area (Å²) in [5, 5.41) is 15.6. The molecule has 0 fully saturated rings. The van der Waals surface area contributed by atoms with Gasteiger partial charge in [0.1, 0.15) is 0 Å². The van der Waals surface area contributed by atoms with Gasteiger partial charge in [0.15, 0.2) is 0 Å². The normalized spacial score (nSPS) is 11.2. The van der Waals surface area contributed by atoms with Gasteiger partial charge in [0.25, 0.3) is 5.56 Å². The third-order valence-electron chi connectivity index (χ3n) is 4.36. The van der Waals surface area contributed by atoms with Crippen molar-refractivity contribution in [3.63, 3.8) is 0 Å². The summed E-state index contributed by atoms with van der Waals surface area (Å²) in [7, 11) is 0. The van der Waals surface area contributed by atoms with Gasteiger partial charge in [-0.15, -0.1) is 0 Å². The van der Waals surface area contributed by atoms with E-state index in [-0.39, 0.29) is 34.1 Å². The van der Waals surface area contributed by atoms with Gasteiger partial charge in [-0.25, -0.2) is 4.68 Å². The number of pyridine rings is 1. The zero-order valence-electron chi connectivity index (χ0n) is 14.4. The van der Waals surface area contributed by atoms with Crippen LogP contribution in [0.25, 0.3) is 21.7 Å². The Morgan fingerprint density at radius 2 is 1.75 bits per heavy atom. The first-order valence-corrected chi connectivity index (χ1v) is 9.13. The van der Waals surface area contributed by atoms with Crippen LogP contribution in [0.5, 0.6) is 0 Å². The molecule has 28 heavy (non-hydrogen) atoms. The van der Waals surface area contributed by atoms with Crippen LogP contribution in [0.15, 0.2) is 53.3 Å². The molecule has 1 N–H and O–H groups in total. The first kappa shape index (κ1) is 18.4.